The quantitative estimate of drug-likeness (QED) is 0.752. The highest BCUT2D eigenvalue weighted by molar-refractivity contribution is 7.90. The van der Waals surface area contributed by atoms with Gasteiger partial charge >= 0.3 is 0 Å². The van der Waals surface area contributed by atoms with E-state index in [4.69, 9.17) is 4.84 Å². The van der Waals surface area contributed by atoms with Crippen LogP contribution in [0.4, 0.5) is 0 Å². The maximum atomic E-state index is 12.5. The third kappa shape index (κ3) is 3.26. The van der Waals surface area contributed by atoms with Crippen molar-refractivity contribution < 1.29 is 13.3 Å². The monoisotopic (exact) mass is 381 g/mol. The summed E-state index contributed by atoms with van der Waals surface area (Å²) in [4.78, 5) is 14.2. The third-order valence-electron chi connectivity index (χ3n) is 4.65. The van der Waals surface area contributed by atoms with Gasteiger partial charge < -0.3 is 9.80 Å². The number of sulfonamides is 1. The van der Waals surface area contributed by atoms with Crippen LogP contribution in [-0.4, -0.2) is 61.1 Å². The number of aliphatic imine (C=N–C) groups is 1. The number of rotatable bonds is 6. The van der Waals surface area contributed by atoms with Crippen molar-refractivity contribution in [3.05, 3.63) is 35.2 Å². The van der Waals surface area contributed by atoms with Crippen molar-refractivity contribution in [3.8, 4) is 0 Å². The lowest BCUT2D eigenvalue weighted by Gasteiger charge is -2.40. The van der Waals surface area contributed by atoms with Gasteiger partial charge in [-0.1, -0.05) is 6.92 Å². The van der Waals surface area contributed by atoms with Crippen LogP contribution < -0.4 is 4.72 Å². The molecule has 0 saturated carbocycles. The lowest BCUT2D eigenvalue weighted by Crippen LogP contribution is -2.47. The first kappa shape index (κ1) is 18.9. The molecule has 3 aliphatic rings. The average Bonchev–Trinajstić information content (AvgIpc) is 3.01. The van der Waals surface area contributed by atoms with Gasteiger partial charge in [0, 0.05) is 12.7 Å². The lowest BCUT2D eigenvalue weighted by molar-refractivity contribution is -0.0968. The minimum atomic E-state index is -3.43. The molecule has 144 valence electrons. The predicted octanol–water partition coefficient (Wildman–Crippen LogP) is 1.54. The zero-order valence-electron chi connectivity index (χ0n) is 15.9. The van der Waals surface area contributed by atoms with Gasteiger partial charge in [-0.2, -0.15) is 0 Å². The van der Waals surface area contributed by atoms with Crippen LogP contribution in [0.15, 0.2) is 40.2 Å². The van der Waals surface area contributed by atoms with E-state index in [1.807, 2.05) is 19.3 Å². The van der Waals surface area contributed by atoms with Crippen LogP contribution in [0.3, 0.4) is 0 Å². The number of nitrogens with zero attached hydrogens (tertiary/aromatic N) is 4. The fraction of sp³-hybridized carbons (Fsp3) is 0.588. The SMILES string of the molecule is CCCN1C=C(C)C(NS(=O)(=O)C(C)C)C2=C1N1CN(OC)C=C1C=N2. The largest absolute Gasteiger partial charge is 0.333 e. The molecule has 0 fully saturated rings. The van der Waals surface area contributed by atoms with E-state index >= 15 is 0 Å². The Bertz CT molecular complexity index is 797. The Balaban J connectivity index is 2.02. The molecule has 26 heavy (non-hydrogen) atoms. The van der Waals surface area contributed by atoms with Crippen molar-refractivity contribution in [3.63, 3.8) is 0 Å². The van der Waals surface area contributed by atoms with Crippen LogP contribution in [0.5, 0.6) is 0 Å². The average molecular weight is 382 g/mol. The third-order valence-corrected chi connectivity index (χ3v) is 6.46. The van der Waals surface area contributed by atoms with Crippen LogP contribution in [0.1, 0.15) is 34.1 Å². The minimum absolute atomic E-state index is 0.472. The molecule has 0 aromatic carbocycles. The minimum Gasteiger partial charge on any atom is -0.333 e. The molecule has 0 spiro atoms. The topological polar surface area (TPSA) is 77.5 Å². The van der Waals surface area contributed by atoms with Gasteiger partial charge in [0.2, 0.25) is 10.0 Å². The number of hydrogen-bond acceptors (Lipinski definition) is 7. The van der Waals surface area contributed by atoms with Crippen molar-refractivity contribution >= 4 is 16.2 Å². The number of hydroxylamine groups is 2. The molecule has 0 radical (unpaired) electrons. The highest BCUT2D eigenvalue weighted by Crippen LogP contribution is 2.36. The molecule has 9 heteroatoms. The molecule has 3 rings (SSSR count). The highest BCUT2D eigenvalue weighted by atomic mass is 32.2. The van der Waals surface area contributed by atoms with Crippen molar-refractivity contribution in [2.45, 2.75) is 45.4 Å². The van der Waals surface area contributed by atoms with Gasteiger partial charge in [0.15, 0.2) is 0 Å². The summed E-state index contributed by atoms with van der Waals surface area (Å²) < 4.78 is 27.8. The van der Waals surface area contributed by atoms with Crippen LogP contribution in [0.2, 0.25) is 0 Å². The van der Waals surface area contributed by atoms with E-state index in [1.165, 1.54) is 0 Å². The number of fused-ring (bicyclic) bond motifs is 2. The molecule has 1 unspecified atom stereocenters. The second-order valence-corrected chi connectivity index (χ2v) is 9.17. The molecular weight excluding hydrogens is 354 g/mol. The van der Waals surface area contributed by atoms with Gasteiger partial charge in [0.25, 0.3) is 0 Å². The summed E-state index contributed by atoms with van der Waals surface area (Å²) in [6, 6.07) is -0.472. The molecule has 1 N–H and O–H groups in total. The number of allylic oxidation sites excluding steroid dienone is 1. The second kappa shape index (κ2) is 7.05. The number of nitrogens with one attached hydrogen (secondary N) is 1. The van der Waals surface area contributed by atoms with Crippen LogP contribution in [0.25, 0.3) is 0 Å². The summed E-state index contributed by atoms with van der Waals surface area (Å²) in [6.45, 7) is 8.76. The van der Waals surface area contributed by atoms with Crippen LogP contribution in [0, 0.1) is 0 Å². The van der Waals surface area contributed by atoms with E-state index in [0.717, 1.165) is 35.8 Å². The van der Waals surface area contributed by atoms with Gasteiger partial charge in [-0.3, -0.25) is 9.83 Å². The summed E-state index contributed by atoms with van der Waals surface area (Å²) in [7, 11) is -1.81. The molecule has 1 atom stereocenters. The van der Waals surface area contributed by atoms with E-state index in [-0.39, 0.29) is 0 Å². The first-order valence-corrected chi connectivity index (χ1v) is 10.4. The maximum Gasteiger partial charge on any atom is 0.214 e. The van der Waals surface area contributed by atoms with E-state index in [0.29, 0.717) is 6.67 Å². The summed E-state index contributed by atoms with van der Waals surface area (Å²) >= 11 is 0. The molecule has 0 bridgehead atoms. The fourth-order valence-electron chi connectivity index (χ4n) is 3.18. The summed E-state index contributed by atoms with van der Waals surface area (Å²) in [6.07, 6.45) is 6.63. The van der Waals surface area contributed by atoms with E-state index in [1.54, 1.807) is 32.2 Å². The summed E-state index contributed by atoms with van der Waals surface area (Å²) in [5.74, 6) is 0.905. The van der Waals surface area contributed by atoms with E-state index < -0.39 is 21.3 Å². The zero-order valence-corrected chi connectivity index (χ0v) is 16.7. The normalized spacial score (nSPS) is 22.7. The van der Waals surface area contributed by atoms with Gasteiger partial charge in [-0.05, 0) is 32.8 Å². The number of hydrogen-bond donors (Lipinski definition) is 1. The second-order valence-electron chi connectivity index (χ2n) is 6.90. The molecule has 0 aromatic heterocycles. The first-order valence-electron chi connectivity index (χ1n) is 8.83. The molecule has 8 nitrogen and oxygen atoms in total. The van der Waals surface area contributed by atoms with Gasteiger partial charge in [-0.25, -0.2) is 18.2 Å². The molecular formula is C17H27N5O3S. The van der Waals surface area contributed by atoms with Crippen molar-refractivity contribution in [2.75, 3.05) is 20.3 Å². The van der Waals surface area contributed by atoms with Crippen molar-refractivity contribution in [1.82, 2.24) is 19.6 Å². The summed E-state index contributed by atoms with van der Waals surface area (Å²) in [5, 5.41) is 1.21. The summed E-state index contributed by atoms with van der Waals surface area (Å²) in [5.41, 5.74) is 2.57. The Morgan fingerprint density at radius 1 is 1.38 bits per heavy atom. The van der Waals surface area contributed by atoms with Crippen LogP contribution >= 0.6 is 0 Å². The molecule has 3 heterocycles. The molecule has 0 aliphatic carbocycles. The molecule has 0 saturated heterocycles. The van der Waals surface area contributed by atoms with Crippen LogP contribution in [-0.2, 0) is 14.9 Å². The van der Waals surface area contributed by atoms with Gasteiger partial charge in [-0.15, -0.1) is 0 Å². The Morgan fingerprint density at radius 3 is 2.73 bits per heavy atom. The molecule has 0 amide bonds. The van der Waals surface area contributed by atoms with E-state index in [9.17, 15) is 8.42 Å². The Hall–Kier alpha value is -1.84. The Morgan fingerprint density at radius 2 is 2.12 bits per heavy atom. The Kier molecular flexibility index (Phi) is 5.14. The standard InChI is InChI=1S/C17H27N5O3S/c1-6-7-20-9-13(4)15(19-26(23,24)12(2)3)16-17(20)22-11-21(25-5)10-14(22)8-18-16/h8-10,12,15,19H,6-7,11H2,1-5H3. The Labute approximate surface area is 155 Å². The fourth-order valence-corrected chi connectivity index (χ4v) is 4.08. The molecule has 3 aliphatic heterocycles. The highest BCUT2D eigenvalue weighted by Gasteiger charge is 2.38. The predicted molar refractivity (Wildman–Crippen MR) is 101 cm³/mol. The van der Waals surface area contributed by atoms with Crippen molar-refractivity contribution in [1.29, 1.82) is 0 Å². The van der Waals surface area contributed by atoms with Gasteiger partial charge in [0.05, 0.1) is 36.5 Å². The smallest absolute Gasteiger partial charge is 0.214 e. The van der Waals surface area contributed by atoms with Gasteiger partial charge in [0.1, 0.15) is 18.2 Å². The van der Waals surface area contributed by atoms with E-state index in [2.05, 4.69) is 26.4 Å². The maximum absolute atomic E-state index is 12.5. The van der Waals surface area contributed by atoms with Crippen molar-refractivity contribution in [2.24, 2.45) is 4.99 Å². The lowest BCUT2D eigenvalue weighted by atomic mass is 10.0. The first-order chi connectivity index (χ1) is 12.3. The zero-order chi connectivity index (χ0) is 19.1. The molecule has 0 aromatic rings.